The zero-order valence-corrected chi connectivity index (χ0v) is 17.9. The monoisotopic (exact) mass is 440 g/mol. The standard InChI is InChI=1S/C23H18Cl2N2OS/c24-17-8-7-16(21(25)11-17)14-28-18-9-5-15(6-10-18)13-27-23-20(12-26)19-3-1-2-4-22(19)29-23/h5-11,13H,1-4,14H2. The van der Waals surface area contributed by atoms with Crippen molar-refractivity contribution in [2.24, 2.45) is 4.99 Å². The number of benzene rings is 2. The zero-order valence-electron chi connectivity index (χ0n) is 15.6. The van der Waals surface area contributed by atoms with Gasteiger partial charge in [-0.3, -0.25) is 0 Å². The van der Waals surface area contributed by atoms with Gasteiger partial charge in [-0.2, -0.15) is 5.26 Å². The number of aryl methyl sites for hydroxylation is 1. The SMILES string of the molecule is N#Cc1c(N=Cc2ccc(OCc3ccc(Cl)cc3Cl)cc2)sc2c1CCCC2. The van der Waals surface area contributed by atoms with E-state index in [0.717, 1.165) is 46.7 Å². The van der Waals surface area contributed by atoms with Gasteiger partial charge in [0.05, 0.1) is 5.56 Å². The van der Waals surface area contributed by atoms with Crippen molar-refractivity contribution in [3.05, 3.63) is 79.6 Å². The van der Waals surface area contributed by atoms with Gasteiger partial charge in [-0.05, 0) is 73.2 Å². The maximum absolute atomic E-state index is 9.53. The van der Waals surface area contributed by atoms with E-state index in [4.69, 9.17) is 27.9 Å². The van der Waals surface area contributed by atoms with Crippen molar-refractivity contribution in [2.45, 2.75) is 32.3 Å². The van der Waals surface area contributed by atoms with Crippen LogP contribution in [0.2, 0.25) is 10.0 Å². The minimum Gasteiger partial charge on any atom is -0.489 e. The highest BCUT2D eigenvalue weighted by molar-refractivity contribution is 7.16. The first-order valence-electron chi connectivity index (χ1n) is 9.39. The molecule has 0 amide bonds. The molecular weight excluding hydrogens is 423 g/mol. The summed E-state index contributed by atoms with van der Waals surface area (Å²) in [5, 5.41) is 11.5. The third-order valence-corrected chi connectivity index (χ3v) is 6.67. The molecule has 0 atom stereocenters. The summed E-state index contributed by atoms with van der Waals surface area (Å²) in [5.41, 5.74) is 3.80. The molecule has 0 bridgehead atoms. The molecule has 0 fully saturated rings. The molecule has 1 aliphatic rings. The fraction of sp³-hybridized carbons (Fsp3) is 0.217. The maximum Gasteiger partial charge on any atom is 0.134 e. The normalized spacial score (nSPS) is 13.3. The summed E-state index contributed by atoms with van der Waals surface area (Å²) in [6, 6.07) is 15.4. The van der Waals surface area contributed by atoms with Crippen LogP contribution in [0, 0.1) is 11.3 Å². The van der Waals surface area contributed by atoms with Crippen LogP contribution in [0.25, 0.3) is 0 Å². The summed E-state index contributed by atoms with van der Waals surface area (Å²) >= 11 is 13.7. The van der Waals surface area contributed by atoms with E-state index < -0.39 is 0 Å². The summed E-state index contributed by atoms with van der Waals surface area (Å²) in [6.45, 7) is 0.371. The predicted octanol–water partition coefficient (Wildman–Crippen LogP) is 7.13. The summed E-state index contributed by atoms with van der Waals surface area (Å²) < 4.78 is 5.81. The van der Waals surface area contributed by atoms with Crippen molar-refractivity contribution < 1.29 is 4.74 Å². The van der Waals surface area contributed by atoms with Gasteiger partial charge >= 0.3 is 0 Å². The van der Waals surface area contributed by atoms with Crippen LogP contribution >= 0.6 is 34.5 Å². The van der Waals surface area contributed by atoms with Gasteiger partial charge in [-0.25, -0.2) is 4.99 Å². The Kier molecular flexibility index (Phi) is 6.20. The molecule has 0 unspecified atom stereocenters. The Labute approximate surface area is 184 Å². The van der Waals surface area contributed by atoms with Gasteiger partial charge in [0.1, 0.15) is 23.4 Å². The van der Waals surface area contributed by atoms with Gasteiger partial charge in [0.25, 0.3) is 0 Å². The minimum atomic E-state index is 0.371. The molecule has 0 radical (unpaired) electrons. The molecule has 1 aliphatic carbocycles. The van der Waals surface area contributed by atoms with E-state index in [1.54, 1.807) is 29.7 Å². The molecule has 0 aliphatic heterocycles. The first kappa shape index (κ1) is 20.0. The fourth-order valence-electron chi connectivity index (χ4n) is 3.34. The van der Waals surface area contributed by atoms with Crippen LogP contribution < -0.4 is 4.74 Å². The van der Waals surface area contributed by atoms with Crippen molar-refractivity contribution in [1.82, 2.24) is 0 Å². The molecule has 0 spiro atoms. The second-order valence-corrected chi connectivity index (χ2v) is 8.78. The highest BCUT2D eigenvalue weighted by Gasteiger charge is 2.20. The van der Waals surface area contributed by atoms with E-state index in [0.29, 0.717) is 16.7 Å². The summed E-state index contributed by atoms with van der Waals surface area (Å²) in [6.07, 6.45) is 6.22. The number of ether oxygens (including phenoxy) is 1. The molecule has 0 saturated carbocycles. The summed E-state index contributed by atoms with van der Waals surface area (Å²) in [7, 11) is 0. The average molecular weight is 441 g/mol. The number of nitrogens with zero attached hydrogens (tertiary/aromatic N) is 2. The van der Waals surface area contributed by atoms with E-state index >= 15 is 0 Å². The Morgan fingerprint density at radius 2 is 1.90 bits per heavy atom. The number of thiophene rings is 1. The molecule has 3 nitrogen and oxygen atoms in total. The highest BCUT2D eigenvalue weighted by Crippen LogP contribution is 2.39. The van der Waals surface area contributed by atoms with E-state index in [1.165, 1.54) is 16.9 Å². The highest BCUT2D eigenvalue weighted by atomic mass is 35.5. The Bertz CT molecular complexity index is 1100. The Balaban J connectivity index is 1.43. The topological polar surface area (TPSA) is 45.4 Å². The lowest BCUT2D eigenvalue weighted by Crippen LogP contribution is -1.99. The first-order chi connectivity index (χ1) is 14.1. The van der Waals surface area contributed by atoms with E-state index in [2.05, 4.69) is 11.1 Å². The van der Waals surface area contributed by atoms with Gasteiger partial charge in [-0.15, -0.1) is 11.3 Å². The summed E-state index contributed by atoms with van der Waals surface area (Å²) in [4.78, 5) is 5.92. The van der Waals surface area contributed by atoms with E-state index in [9.17, 15) is 5.26 Å². The third-order valence-electron chi connectivity index (χ3n) is 4.88. The number of aliphatic imine (C=N–C) groups is 1. The number of fused-ring (bicyclic) bond motifs is 1. The molecule has 6 heteroatoms. The van der Waals surface area contributed by atoms with Crippen LogP contribution in [-0.2, 0) is 19.4 Å². The van der Waals surface area contributed by atoms with Crippen molar-refractivity contribution >= 4 is 45.8 Å². The van der Waals surface area contributed by atoms with Gasteiger partial charge in [0.15, 0.2) is 0 Å². The first-order valence-corrected chi connectivity index (χ1v) is 11.0. The third kappa shape index (κ3) is 4.64. The molecule has 146 valence electrons. The number of hydrogen-bond donors (Lipinski definition) is 0. The lowest BCUT2D eigenvalue weighted by Gasteiger charge is -2.09. The number of halogens is 2. The number of nitriles is 1. The second kappa shape index (κ2) is 9.00. The van der Waals surface area contributed by atoms with Crippen LogP contribution in [0.4, 0.5) is 5.00 Å². The molecular formula is C23H18Cl2N2OS. The molecule has 1 aromatic heterocycles. The molecule has 2 aromatic carbocycles. The largest absolute Gasteiger partial charge is 0.489 e. The van der Waals surface area contributed by atoms with Gasteiger partial charge < -0.3 is 4.74 Å². The lowest BCUT2D eigenvalue weighted by atomic mass is 9.96. The lowest BCUT2D eigenvalue weighted by molar-refractivity contribution is 0.306. The number of hydrogen-bond acceptors (Lipinski definition) is 4. The Morgan fingerprint density at radius 1 is 1.10 bits per heavy atom. The minimum absolute atomic E-state index is 0.371. The second-order valence-electron chi connectivity index (χ2n) is 6.85. The molecule has 29 heavy (non-hydrogen) atoms. The van der Waals surface area contributed by atoms with Gasteiger partial charge in [0, 0.05) is 26.7 Å². The average Bonchev–Trinajstić information content (AvgIpc) is 3.10. The molecule has 1 heterocycles. The van der Waals surface area contributed by atoms with Crippen LogP contribution in [0.1, 0.15) is 40.0 Å². The summed E-state index contributed by atoms with van der Waals surface area (Å²) in [5.74, 6) is 0.748. The van der Waals surface area contributed by atoms with Crippen molar-refractivity contribution in [2.75, 3.05) is 0 Å². The van der Waals surface area contributed by atoms with Crippen LogP contribution in [0.15, 0.2) is 47.5 Å². The van der Waals surface area contributed by atoms with Crippen LogP contribution in [0.3, 0.4) is 0 Å². The molecule has 4 rings (SSSR count). The molecule has 0 N–H and O–H groups in total. The smallest absolute Gasteiger partial charge is 0.134 e. The molecule has 3 aromatic rings. The van der Waals surface area contributed by atoms with Crippen molar-refractivity contribution in [1.29, 1.82) is 5.26 Å². The van der Waals surface area contributed by atoms with Crippen LogP contribution in [0.5, 0.6) is 5.75 Å². The Morgan fingerprint density at radius 3 is 2.66 bits per heavy atom. The van der Waals surface area contributed by atoms with Gasteiger partial charge in [-0.1, -0.05) is 29.3 Å². The predicted molar refractivity (Wildman–Crippen MR) is 120 cm³/mol. The molecule has 0 saturated heterocycles. The van der Waals surface area contributed by atoms with Crippen molar-refractivity contribution in [3.8, 4) is 11.8 Å². The fourth-order valence-corrected chi connectivity index (χ4v) is 4.99. The van der Waals surface area contributed by atoms with E-state index in [1.807, 2.05) is 30.3 Å². The number of rotatable bonds is 5. The van der Waals surface area contributed by atoms with E-state index in [-0.39, 0.29) is 0 Å². The van der Waals surface area contributed by atoms with Crippen molar-refractivity contribution in [3.63, 3.8) is 0 Å². The maximum atomic E-state index is 9.53. The van der Waals surface area contributed by atoms with Gasteiger partial charge in [0.2, 0.25) is 0 Å². The van der Waals surface area contributed by atoms with Crippen LogP contribution in [-0.4, -0.2) is 6.21 Å². The quantitative estimate of drug-likeness (QED) is 0.395. The Hall–Kier alpha value is -2.32. The zero-order chi connectivity index (χ0) is 20.2.